The van der Waals surface area contributed by atoms with Crippen molar-refractivity contribution >= 4 is 17.6 Å². The summed E-state index contributed by atoms with van der Waals surface area (Å²) in [5.74, 6) is 3.38. The molecule has 0 aromatic heterocycles. The fourth-order valence-corrected chi connectivity index (χ4v) is 0.973. The van der Waals surface area contributed by atoms with Gasteiger partial charge in [-0.25, -0.2) is 4.39 Å². The highest BCUT2D eigenvalue weighted by Gasteiger charge is 1.98. The summed E-state index contributed by atoms with van der Waals surface area (Å²) in [7, 11) is 0. The molecule has 1 N–H and O–H groups in total. The van der Waals surface area contributed by atoms with Gasteiger partial charge in [0, 0.05) is 5.56 Å². The highest BCUT2D eigenvalue weighted by molar-refractivity contribution is 6.31. The van der Waals surface area contributed by atoms with Gasteiger partial charge >= 0.3 is 5.97 Å². The number of halogens is 2. The van der Waals surface area contributed by atoms with E-state index in [-0.39, 0.29) is 6.42 Å². The molecule has 0 saturated heterocycles. The molecule has 0 unspecified atom stereocenters. The Hall–Kier alpha value is -1.53. The molecule has 0 spiro atoms. The van der Waals surface area contributed by atoms with Gasteiger partial charge in [-0.1, -0.05) is 23.4 Å². The van der Waals surface area contributed by atoms with Crippen LogP contribution in [0.3, 0.4) is 0 Å². The first-order valence-electron chi connectivity index (χ1n) is 3.75. The molecule has 0 heterocycles. The van der Waals surface area contributed by atoms with Crippen molar-refractivity contribution in [3.05, 3.63) is 34.6 Å². The third-order valence-corrected chi connectivity index (χ3v) is 1.72. The Morgan fingerprint density at radius 3 is 2.93 bits per heavy atom. The second-order valence-corrected chi connectivity index (χ2v) is 2.90. The van der Waals surface area contributed by atoms with Gasteiger partial charge in [0.1, 0.15) is 12.2 Å². The summed E-state index contributed by atoms with van der Waals surface area (Å²) in [4.78, 5) is 10.1. The van der Waals surface area contributed by atoms with Crippen molar-refractivity contribution in [2.24, 2.45) is 0 Å². The minimum atomic E-state index is -1.02. The number of carbonyl (C=O) groups is 1. The second-order valence-electron chi connectivity index (χ2n) is 2.50. The third-order valence-electron chi connectivity index (χ3n) is 1.39. The van der Waals surface area contributed by atoms with Crippen molar-refractivity contribution in [3.63, 3.8) is 0 Å². The summed E-state index contributed by atoms with van der Waals surface area (Å²) in [5, 5.41) is 8.62. The number of aliphatic carboxylic acids is 1. The lowest BCUT2D eigenvalue weighted by Crippen LogP contribution is -1.90. The van der Waals surface area contributed by atoms with Crippen LogP contribution in [0.1, 0.15) is 12.0 Å². The van der Waals surface area contributed by atoms with Crippen molar-refractivity contribution in [1.82, 2.24) is 0 Å². The summed E-state index contributed by atoms with van der Waals surface area (Å²) >= 11 is 5.69. The highest BCUT2D eigenvalue weighted by atomic mass is 35.5. The van der Waals surface area contributed by atoms with Gasteiger partial charge in [-0.05, 0) is 18.2 Å². The normalized spacial score (nSPS) is 9.00. The highest BCUT2D eigenvalue weighted by Crippen LogP contribution is 2.15. The van der Waals surface area contributed by atoms with Crippen LogP contribution in [-0.4, -0.2) is 11.1 Å². The summed E-state index contributed by atoms with van der Waals surface area (Å²) < 4.78 is 12.7. The number of carboxylic acids is 1. The zero-order valence-corrected chi connectivity index (χ0v) is 7.81. The van der Waals surface area contributed by atoms with Gasteiger partial charge in [0.25, 0.3) is 0 Å². The molecule has 1 aromatic carbocycles. The summed E-state index contributed by atoms with van der Waals surface area (Å²) in [6, 6.07) is 3.75. The monoisotopic (exact) mass is 212 g/mol. The van der Waals surface area contributed by atoms with Gasteiger partial charge < -0.3 is 5.11 Å². The molecule has 2 nitrogen and oxygen atoms in total. The van der Waals surface area contributed by atoms with E-state index in [9.17, 15) is 9.18 Å². The fraction of sp³-hybridized carbons (Fsp3) is 0.100. The molecule has 1 aromatic rings. The lowest BCUT2D eigenvalue weighted by Gasteiger charge is -1.94. The third kappa shape index (κ3) is 3.08. The van der Waals surface area contributed by atoms with E-state index in [4.69, 9.17) is 16.7 Å². The van der Waals surface area contributed by atoms with Gasteiger partial charge in [-0.3, -0.25) is 4.79 Å². The first kappa shape index (κ1) is 10.6. The van der Waals surface area contributed by atoms with Crippen LogP contribution in [-0.2, 0) is 4.79 Å². The quantitative estimate of drug-likeness (QED) is 0.726. The molecule has 0 bridgehead atoms. The molecule has 0 aliphatic rings. The Balaban J connectivity index is 2.88. The van der Waals surface area contributed by atoms with Crippen LogP contribution in [0.2, 0.25) is 5.02 Å². The van der Waals surface area contributed by atoms with E-state index < -0.39 is 11.8 Å². The first-order valence-corrected chi connectivity index (χ1v) is 4.13. The zero-order chi connectivity index (χ0) is 10.6. The first-order chi connectivity index (χ1) is 6.59. The summed E-state index contributed by atoms with van der Waals surface area (Å²) in [6.07, 6.45) is -0.285. The van der Waals surface area contributed by atoms with E-state index in [1.54, 1.807) is 0 Å². The predicted octanol–water partition coefficient (Wildman–Crippen LogP) is 2.31. The zero-order valence-electron chi connectivity index (χ0n) is 7.05. The van der Waals surface area contributed by atoms with Crippen LogP contribution in [0, 0.1) is 17.7 Å². The van der Waals surface area contributed by atoms with Crippen molar-refractivity contribution < 1.29 is 14.3 Å². The van der Waals surface area contributed by atoms with E-state index in [0.717, 1.165) is 6.07 Å². The summed E-state index contributed by atoms with van der Waals surface area (Å²) in [6.45, 7) is 0. The molecule has 0 amide bonds. The summed E-state index contributed by atoms with van der Waals surface area (Å²) in [5.41, 5.74) is 0.299. The predicted molar refractivity (Wildman–Crippen MR) is 50.5 cm³/mol. The van der Waals surface area contributed by atoms with Crippen molar-refractivity contribution in [1.29, 1.82) is 0 Å². The van der Waals surface area contributed by atoms with Gasteiger partial charge in [-0.15, -0.1) is 0 Å². The van der Waals surface area contributed by atoms with Crippen LogP contribution >= 0.6 is 11.6 Å². The smallest absolute Gasteiger partial charge is 0.315 e. The second kappa shape index (κ2) is 4.64. The van der Waals surface area contributed by atoms with Crippen LogP contribution in [0.4, 0.5) is 4.39 Å². The van der Waals surface area contributed by atoms with Crippen molar-refractivity contribution in [3.8, 4) is 11.8 Å². The molecular weight excluding hydrogens is 207 g/mol. The molecule has 4 heteroatoms. The van der Waals surface area contributed by atoms with Crippen LogP contribution in [0.15, 0.2) is 18.2 Å². The largest absolute Gasteiger partial charge is 0.481 e. The molecule has 0 atom stereocenters. The molecular formula is C10H6ClFO2. The maximum absolute atomic E-state index is 12.7. The van der Waals surface area contributed by atoms with Gasteiger partial charge in [-0.2, -0.15) is 0 Å². The topological polar surface area (TPSA) is 37.3 Å². The number of benzene rings is 1. The molecule has 0 saturated carbocycles. The molecule has 0 aliphatic carbocycles. The lowest BCUT2D eigenvalue weighted by molar-refractivity contribution is -0.135. The van der Waals surface area contributed by atoms with E-state index in [0.29, 0.717) is 10.6 Å². The Morgan fingerprint density at radius 2 is 2.29 bits per heavy atom. The lowest BCUT2D eigenvalue weighted by atomic mass is 10.2. The Morgan fingerprint density at radius 1 is 1.57 bits per heavy atom. The van der Waals surface area contributed by atoms with Gasteiger partial charge in [0.2, 0.25) is 0 Å². The maximum atomic E-state index is 12.7. The van der Waals surface area contributed by atoms with E-state index in [1.165, 1.54) is 12.1 Å². The molecule has 0 aliphatic heterocycles. The molecule has 0 radical (unpaired) electrons. The minimum absolute atomic E-state index is 0.285. The van der Waals surface area contributed by atoms with Crippen LogP contribution < -0.4 is 0 Å². The molecule has 72 valence electrons. The van der Waals surface area contributed by atoms with E-state index in [2.05, 4.69) is 11.8 Å². The molecule has 0 fully saturated rings. The van der Waals surface area contributed by atoms with Crippen molar-refractivity contribution in [2.45, 2.75) is 6.42 Å². The average Bonchev–Trinajstić information content (AvgIpc) is 2.10. The van der Waals surface area contributed by atoms with Crippen LogP contribution in [0.5, 0.6) is 0 Å². The van der Waals surface area contributed by atoms with Gasteiger partial charge in [0.15, 0.2) is 0 Å². The SMILES string of the molecule is O=C(O)CC#Cc1cc(F)ccc1Cl. The number of hydrogen-bond acceptors (Lipinski definition) is 1. The standard InChI is InChI=1S/C10H6ClFO2/c11-9-5-4-8(12)6-7(9)2-1-3-10(13)14/h4-6H,3H2,(H,13,14). The Bertz CT molecular complexity index is 418. The number of rotatable bonds is 1. The Labute approximate surface area is 85.3 Å². The van der Waals surface area contributed by atoms with E-state index >= 15 is 0 Å². The number of carboxylic acid groups (broad SMARTS) is 1. The Kier molecular flexibility index (Phi) is 3.49. The molecule has 1 rings (SSSR count). The van der Waals surface area contributed by atoms with Crippen LogP contribution in [0.25, 0.3) is 0 Å². The fourth-order valence-electron chi connectivity index (χ4n) is 0.808. The average molecular weight is 213 g/mol. The van der Waals surface area contributed by atoms with E-state index in [1.807, 2.05) is 0 Å². The van der Waals surface area contributed by atoms with Crippen molar-refractivity contribution in [2.75, 3.05) is 0 Å². The minimum Gasteiger partial charge on any atom is -0.481 e. The number of hydrogen-bond donors (Lipinski definition) is 1. The van der Waals surface area contributed by atoms with Gasteiger partial charge in [0.05, 0.1) is 5.02 Å². The maximum Gasteiger partial charge on any atom is 0.315 e. The molecule has 14 heavy (non-hydrogen) atoms.